The fourth-order valence-corrected chi connectivity index (χ4v) is 7.60. The lowest BCUT2D eigenvalue weighted by atomic mass is 9.86. The maximum Gasteiger partial charge on any atom is 0.226 e. The molecule has 0 radical (unpaired) electrons. The molecule has 1 saturated heterocycles. The molecule has 1 aromatic heterocycles. The number of piperidine rings is 1. The normalized spacial score (nSPS) is 20.7. The molecule has 2 aliphatic carbocycles. The molecule has 0 N–H and O–H groups in total. The molecule has 202 valence electrons. The molecule has 0 atom stereocenters. The molecule has 38 heavy (non-hydrogen) atoms. The van der Waals surface area contributed by atoms with Gasteiger partial charge in [0.1, 0.15) is 5.82 Å². The molecule has 3 fully saturated rings. The van der Waals surface area contributed by atoms with Gasteiger partial charge in [-0.15, -0.1) is 0 Å². The topological polar surface area (TPSA) is 41.4 Å². The van der Waals surface area contributed by atoms with Crippen LogP contribution in [0.5, 0.6) is 0 Å². The molecule has 6 heteroatoms. The Kier molecular flexibility index (Phi) is 8.17. The third kappa shape index (κ3) is 5.58. The average molecular weight is 578 g/mol. The maximum atomic E-state index is 14.0. The van der Waals surface area contributed by atoms with E-state index in [0.29, 0.717) is 18.0 Å². The number of nitrogens with zero attached hydrogens (tertiary/aromatic N) is 4. The summed E-state index contributed by atoms with van der Waals surface area (Å²) in [6.45, 7) is 2.72. The van der Waals surface area contributed by atoms with E-state index in [-0.39, 0.29) is 5.92 Å². The van der Waals surface area contributed by atoms with Crippen LogP contribution in [0.25, 0.3) is 16.7 Å². The Balaban J connectivity index is 1.16. The molecule has 1 amide bonds. The lowest BCUT2D eigenvalue weighted by Crippen LogP contribution is -2.52. The number of para-hydroxylation sites is 2. The molecule has 6 rings (SSSR count). The second-order valence-electron chi connectivity index (χ2n) is 11.7. The number of hydrogen-bond donors (Lipinski definition) is 0. The van der Waals surface area contributed by atoms with E-state index in [4.69, 9.17) is 4.98 Å². The first kappa shape index (κ1) is 26.1. The quantitative estimate of drug-likeness (QED) is 0.305. The number of amides is 1. The van der Waals surface area contributed by atoms with E-state index >= 15 is 0 Å². The highest BCUT2D eigenvalue weighted by Crippen LogP contribution is 2.34. The van der Waals surface area contributed by atoms with Crippen molar-refractivity contribution in [1.82, 2.24) is 19.4 Å². The molecule has 0 unspecified atom stereocenters. The molecular formula is C32H41BrN4O. The van der Waals surface area contributed by atoms with Gasteiger partial charge in [0.25, 0.3) is 0 Å². The lowest BCUT2D eigenvalue weighted by Gasteiger charge is -2.44. The summed E-state index contributed by atoms with van der Waals surface area (Å²) in [5.41, 5.74) is 3.30. The van der Waals surface area contributed by atoms with Gasteiger partial charge in [0.05, 0.1) is 17.6 Å². The van der Waals surface area contributed by atoms with Crippen LogP contribution in [0.3, 0.4) is 0 Å². The van der Waals surface area contributed by atoms with Gasteiger partial charge in [0.2, 0.25) is 5.91 Å². The number of carbonyl (C=O) groups is 1. The first-order valence-electron chi connectivity index (χ1n) is 14.9. The van der Waals surface area contributed by atoms with Crippen molar-refractivity contribution in [2.45, 2.75) is 95.7 Å². The van der Waals surface area contributed by atoms with E-state index in [1.807, 2.05) is 0 Å². The van der Waals surface area contributed by atoms with Crippen LogP contribution >= 0.6 is 15.9 Å². The standard InChI is InChI=1S/C32H41BrN4O/c33-25-10-9-15-28(22-25)37-30-17-8-7-16-29(30)34-31(37)23-35-20-18-24(19-21-35)32(38)36(26-11-3-1-4-12-26)27-13-5-2-6-14-27/h7-10,15-17,22,24,26-27H,1-6,11-14,18-21,23H2. The average Bonchev–Trinajstić information content (AvgIpc) is 3.32. The fourth-order valence-electron chi connectivity index (χ4n) is 7.21. The van der Waals surface area contributed by atoms with Crippen LogP contribution in [0.2, 0.25) is 0 Å². The minimum absolute atomic E-state index is 0.180. The highest BCUT2D eigenvalue weighted by atomic mass is 79.9. The number of likely N-dealkylation sites (tertiary alicyclic amines) is 1. The van der Waals surface area contributed by atoms with Crippen LogP contribution in [-0.2, 0) is 11.3 Å². The number of fused-ring (bicyclic) bond motifs is 1. The predicted molar refractivity (Wildman–Crippen MR) is 157 cm³/mol. The molecule has 5 nitrogen and oxygen atoms in total. The van der Waals surface area contributed by atoms with Gasteiger partial charge in [-0.25, -0.2) is 4.98 Å². The Bertz CT molecular complexity index is 1220. The monoisotopic (exact) mass is 576 g/mol. The Morgan fingerprint density at radius 2 is 1.50 bits per heavy atom. The number of carbonyl (C=O) groups excluding carboxylic acids is 1. The largest absolute Gasteiger partial charge is 0.336 e. The van der Waals surface area contributed by atoms with Crippen molar-refractivity contribution in [3.8, 4) is 5.69 Å². The van der Waals surface area contributed by atoms with Gasteiger partial charge < -0.3 is 4.90 Å². The van der Waals surface area contributed by atoms with Crippen molar-refractivity contribution in [2.75, 3.05) is 13.1 Å². The first-order chi connectivity index (χ1) is 18.7. The molecule has 2 aromatic carbocycles. The number of imidazole rings is 1. The van der Waals surface area contributed by atoms with Crippen LogP contribution in [-0.4, -0.2) is 50.4 Å². The van der Waals surface area contributed by atoms with Crippen molar-refractivity contribution >= 4 is 32.9 Å². The van der Waals surface area contributed by atoms with Gasteiger partial charge in [-0.3, -0.25) is 14.3 Å². The van der Waals surface area contributed by atoms with Gasteiger partial charge in [-0.2, -0.15) is 0 Å². The number of benzene rings is 2. The fraction of sp³-hybridized carbons (Fsp3) is 0.562. The third-order valence-electron chi connectivity index (χ3n) is 9.19. The van der Waals surface area contributed by atoms with Gasteiger partial charge in [-0.1, -0.05) is 72.7 Å². The molecule has 2 saturated carbocycles. The molecule has 1 aliphatic heterocycles. The summed E-state index contributed by atoms with van der Waals surface area (Å²) in [6.07, 6.45) is 14.6. The Labute approximate surface area is 235 Å². The second kappa shape index (κ2) is 11.9. The van der Waals surface area contributed by atoms with Gasteiger partial charge in [0.15, 0.2) is 0 Å². The van der Waals surface area contributed by atoms with Crippen LogP contribution < -0.4 is 0 Å². The van der Waals surface area contributed by atoms with E-state index in [1.54, 1.807) is 0 Å². The van der Waals surface area contributed by atoms with Crippen molar-refractivity contribution in [2.24, 2.45) is 5.92 Å². The summed E-state index contributed by atoms with van der Waals surface area (Å²) in [7, 11) is 0. The molecule has 0 spiro atoms. The number of rotatable bonds is 6. The number of hydrogen-bond acceptors (Lipinski definition) is 3. The minimum atomic E-state index is 0.180. The van der Waals surface area contributed by atoms with Crippen LogP contribution in [0, 0.1) is 5.92 Å². The zero-order valence-corrected chi connectivity index (χ0v) is 24.1. The van der Waals surface area contributed by atoms with Gasteiger partial charge >= 0.3 is 0 Å². The van der Waals surface area contributed by atoms with Crippen molar-refractivity contribution in [3.63, 3.8) is 0 Å². The van der Waals surface area contributed by atoms with Crippen molar-refractivity contribution in [1.29, 1.82) is 0 Å². The van der Waals surface area contributed by atoms with Crippen LogP contribution in [0.4, 0.5) is 0 Å². The van der Waals surface area contributed by atoms with E-state index in [1.165, 1.54) is 64.2 Å². The van der Waals surface area contributed by atoms with Gasteiger partial charge in [-0.05, 0) is 81.9 Å². The summed E-state index contributed by atoms with van der Waals surface area (Å²) in [4.78, 5) is 24.0. The van der Waals surface area contributed by atoms with Gasteiger partial charge in [0, 0.05) is 28.2 Å². The highest BCUT2D eigenvalue weighted by molar-refractivity contribution is 9.10. The molecule has 2 heterocycles. The first-order valence-corrected chi connectivity index (χ1v) is 15.7. The molecule has 0 bridgehead atoms. The summed E-state index contributed by atoms with van der Waals surface area (Å²) in [5.74, 6) is 1.73. The Morgan fingerprint density at radius 1 is 0.842 bits per heavy atom. The molecular weight excluding hydrogens is 536 g/mol. The number of aromatic nitrogens is 2. The van der Waals surface area contributed by atoms with Crippen molar-refractivity contribution < 1.29 is 4.79 Å². The predicted octanol–water partition coefficient (Wildman–Crippen LogP) is 7.49. The highest BCUT2D eigenvalue weighted by Gasteiger charge is 2.37. The zero-order chi connectivity index (χ0) is 25.9. The Hall–Kier alpha value is -2.18. The summed E-state index contributed by atoms with van der Waals surface area (Å²) >= 11 is 3.64. The van der Waals surface area contributed by atoms with E-state index in [9.17, 15) is 4.79 Å². The third-order valence-corrected chi connectivity index (χ3v) is 9.68. The second-order valence-corrected chi connectivity index (χ2v) is 12.6. The maximum absolute atomic E-state index is 14.0. The van der Waals surface area contributed by atoms with Crippen LogP contribution in [0.1, 0.15) is 82.9 Å². The van der Waals surface area contributed by atoms with Crippen LogP contribution in [0.15, 0.2) is 53.0 Å². The molecule has 3 aliphatic rings. The smallest absolute Gasteiger partial charge is 0.226 e. The Morgan fingerprint density at radius 3 is 2.16 bits per heavy atom. The van der Waals surface area contributed by atoms with E-state index < -0.39 is 0 Å². The van der Waals surface area contributed by atoms with E-state index in [2.05, 4.69) is 78.8 Å². The van der Waals surface area contributed by atoms with Crippen molar-refractivity contribution in [3.05, 3.63) is 58.8 Å². The zero-order valence-electron chi connectivity index (χ0n) is 22.5. The summed E-state index contributed by atoms with van der Waals surface area (Å²) < 4.78 is 3.36. The SMILES string of the molecule is O=C(C1CCN(Cc2nc3ccccc3n2-c2cccc(Br)c2)CC1)N(C1CCCCC1)C1CCCCC1. The van der Waals surface area contributed by atoms with E-state index in [0.717, 1.165) is 59.5 Å². The summed E-state index contributed by atoms with van der Waals surface area (Å²) in [6, 6.07) is 17.8. The number of halogens is 1. The molecule has 3 aromatic rings. The lowest BCUT2D eigenvalue weighted by molar-refractivity contribution is -0.144. The summed E-state index contributed by atoms with van der Waals surface area (Å²) in [5, 5.41) is 0. The minimum Gasteiger partial charge on any atom is -0.336 e.